The molecule has 1 amide bonds. The summed E-state index contributed by atoms with van der Waals surface area (Å²) in [6.45, 7) is 1.93. The molecule has 2 atom stereocenters. The van der Waals surface area contributed by atoms with Crippen molar-refractivity contribution in [3.05, 3.63) is 11.9 Å². The fraction of sp³-hybridized carbons (Fsp3) is 0.667. The monoisotopic (exact) mass is 272 g/mol. The van der Waals surface area contributed by atoms with Gasteiger partial charge in [0.2, 0.25) is 5.91 Å². The number of nitrogens with two attached hydrogens (primary N) is 1. The van der Waals surface area contributed by atoms with Crippen LogP contribution in [-0.4, -0.2) is 21.7 Å². The molecule has 1 aliphatic carbocycles. The number of anilines is 1. The molecule has 0 aliphatic heterocycles. The lowest BCUT2D eigenvalue weighted by Gasteiger charge is -2.14. The number of carbonyl (C=O) groups excluding carboxylic acids is 1. The van der Waals surface area contributed by atoms with Crippen LogP contribution in [0.15, 0.2) is 6.20 Å². The Labute approximate surface area is 114 Å². The van der Waals surface area contributed by atoms with Crippen molar-refractivity contribution in [2.45, 2.75) is 38.6 Å². The first kappa shape index (κ1) is 15.0. The largest absolute Gasteiger partial charge is 0.327 e. The Hall–Kier alpha value is -1.07. The van der Waals surface area contributed by atoms with Gasteiger partial charge in [0.05, 0.1) is 17.6 Å². The number of nitrogens with zero attached hydrogens (tertiary/aromatic N) is 2. The Morgan fingerprint density at radius 2 is 2.33 bits per heavy atom. The summed E-state index contributed by atoms with van der Waals surface area (Å²) in [5.41, 5.74) is 7.72. The van der Waals surface area contributed by atoms with Crippen LogP contribution in [0.4, 0.5) is 5.69 Å². The molecule has 18 heavy (non-hydrogen) atoms. The van der Waals surface area contributed by atoms with Crippen molar-refractivity contribution in [2.24, 2.45) is 18.7 Å². The van der Waals surface area contributed by atoms with Crippen LogP contribution in [0.25, 0.3) is 0 Å². The smallest absolute Gasteiger partial charge is 0.224 e. The number of aromatic nitrogens is 2. The standard InChI is InChI=1S/C12H20N4O.ClH/c1-8-11(7-14-16(8)2)15-12(17)6-9-4-3-5-10(9)13;/h7,9-10H,3-6,13H2,1-2H3,(H,15,17);1H/t9-,10+;/m0./s1. The third-order valence-corrected chi connectivity index (χ3v) is 3.67. The van der Waals surface area contributed by atoms with Gasteiger partial charge in [-0.2, -0.15) is 5.10 Å². The number of carbonyl (C=O) groups is 1. The molecule has 1 aliphatic rings. The lowest BCUT2D eigenvalue weighted by atomic mass is 10.00. The minimum Gasteiger partial charge on any atom is -0.327 e. The lowest BCUT2D eigenvalue weighted by molar-refractivity contribution is -0.117. The van der Waals surface area contributed by atoms with Crippen LogP contribution < -0.4 is 11.1 Å². The van der Waals surface area contributed by atoms with Crippen molar-refractivity contribution in [2.75, 3.05) is 5.32 Å². The van der Waals surface area contributed by atoms with Crippen molar-refractivity contribution >= 4 is 24.0 Å². The van der Waals surface area contributed by atoms with Gasteiger partial charge in [0.15, 0.2) is 0 Å². The fourth-order valence-corrected chi connectivity index (χ4v) is 2.38. The van der Waals surface area contributed by atoms with Crippen molar-refractivity contribution in [1.82, 2.24) is 9.78 Å². The number of nitrogens with one attached hydrogen (secondary N) is 1. The highest BCUT2D eigenvalue weighted by Crippen LogP contribution is 2.27. The number of hydrogen-bond acceptors (Lipinski definition) is 3. The summed E-state index contributed by atoms with van der Waals surface area (Å²) in [4.78, 5) is 11.9. The summed E-state index contributed by atoms with van der Waals surface area (Å²) >= 11 is 0. The molecule has 0 spiro atoms. The first-order chi connectivity index (χ1) is 8.08. The Morgan fingerprint density at radius 3 is 2.83 bits per heavy atom. The molecule has 1 aromatic rings. The van der Waals surface area contributed by atoms with Gasteiger partial charge in [-0.15, -0.1) is 12.4 Å². The Kier molecular flexibility index (Phi) is 5.16. The van der Waals surface area contributed by atoms with Gasteiger partial charge >= 0.3 is 0 Å². The molecule has 0 unspecified atom stereocenters. The summed E-state index contributed by atoms with van der Waals surface area (Å²) in [5.74, 6) is 0.385. The number of halogens is 1. The van der Waals surface area contributed by atoms with Gasteiger partial charge in [-0.1, -0.05) is 6.42 Å². The molecule has 0 aromatic carbocycles. The third kappa shape index (κ3) is 3.23. The maximum Gasteiger partial charge on any atom is 0.224 e. The molecule has 0 bridgehead atoms. The molecule has 1 fully saturated rings. The van der Waals surface area contributed by atoms with E-state index in [2.05, 4.69) is 10.4 Å². The number of hydrogen-bond donors (Lipinski definition) is 2. The van der Waals surface area contributed by atoms with Crippen LogP contribution in [0, 0.1) is 12.8 Å². The van der Waals surface area contributed by atoms with Gasteiger partial charge < -0.3 is 11.1 Å². The average Bonchev–Trinajstić information content (AvgIpc) is 2.80. The van der Waals surface area contributed by atoms with E-state index < -0.39 is 0 Å². The van der Waals surface area contributed by atoms with Crippen molar-refractivity contribution < 1.29 is 4.79 Å². The predicted octanol–water partition coefficient (Wildman–Crippen LogP) is 1.61. The molecule has 6 heteroatoms. The topological polar surface area (TPSA) is 72.9 Å². The van der Waals surface area contributed by atoms with Crippen LogP contribution >= 0.6 is 12.4 Å². The Bertz CT molecular complexity index is 418. The Morgan fingerprint density at radius 1 is 1.61 bits per heavy atom. The highest BCUT2D eigenvalue weighted by atomic mass is 35.5. The molecule has 0 radical (unpaired) electrons. The quantitative estimate of drug-likeness (QED) is 0.878. The first-order valence-corrected chi connectivity index (χ1v) is 6.12. The van der Waals surface area contributed by atoms with Crippen LogP contribution in [0.1, 0.15) is 31.4 Å². The molecule has 1 aromatic heterocycles. The summed E-state index contributed by atoms with van der Waals surface area (Å²) in [7, 11) is 1.86. The summed E-state index contributed by atoms with van der Waals surface area (Å²) in [5, 5.41) is 6.99. The molecule has 5 nitrogen and oxygen atoms in total. The normalized spacial score (nSPS) is 22.6. The van der Waals surface area contributed by atoms with E-state index >= 15 is 0 Å². The molecule has 102 valence electrons. The number of rotatable bonds is 3. The Balaban J connectivity index is 0.00000162. The first-order valence-electron chi connectivity index (χ1n) is 6.12. The van der Waals surface area contributed by atoms with Gasteiger partial charge in [0.1, 0.15) is 0 Å². The van der Waals surface area contributed by atoms with E-state index in [4.69, 9.17) is 5.73 Å². The highest BCUT2D eigenvalue weighted by molar-refractivity contribution is 5.91. The summed E-state index contributed by atoms with van der Waals surface area (Å²) < 4.78 is 1.75. The third-order valence-electron chi connectivity index (χ3n) is 3.67. The number of amides is 1. The zero-order valence-corrected chi connectivity index (χ0v) is 11.7. The molecule has 2 rings (SSSR count). The summed E-state index contributed by atoms with van der Waals surface area (Å²) in [6, 6.07) is 0.191. The van der Waals surface area contributed by atoms with E-state index in [0.717, 1.165) is 30.6 Å². The second-order valence-electron chi connectivity index (χ2n) is 4.87. The molecule has 1 heterocycles. The van der Waals surface area contributed by atoms with E-state index in [9.17, 15) is 4.79 Å². The maximum atomic E-state index is 11.9. The molecular formula is C12H21ClN4O. The predicted molar refractivity (Wildman–Crippen MR) is 73.8 cm³/mol. The second-order valence-corrected chi connectivity index (χ2v) is 4.87. The van der Waals surface area contributed by atoms with Crippen molar-refractivity contribution in [3.8, 4) is 0 Å². The minimum absolute atomic E-state index is 0. The van der Waals surface area contributed by atoms with Crippen LogP contribution in [0.3, 0.4) is 0 Å². The van der Waals surface area contributed by atoms with Gasteiger partial charge in [-0.3, -0.25) is 9.48 Å². The van der Waals surface area contributed by atoms with E-state index in [1.165, 1.54) is 0 Å². The van der Waals surface area contributed by atoms with E-state index in [1.807, 2.05) is 14.0 Å². The second kappa shape index (κ2) is 6.20. The van der Waals surface area contributed by atoms with Crippen molar-refractivity contribution in [3.63, 3.8) is 0 Å². The lowest BCUT2D eigenvalue weighted by Crippen LogP contribution is -2.28. The van der Waals surface area contributed by atoms with Crippen LogP contribution in [-0.2, 0) is 11.8 Å². The average molecular weight is 273 g/mol. The van der Waals surface area contributed by atoms with E-state index in [1.54, 1.807) is 10.9 Å². The highest BCUT2D eigenvalue weighted by Gasteiger charge is 2.26. The van der Waals surface area contributed by atoms with Gasteiger partial charge in [0, 0.05) is 19.5 Å². The molecular weight excluding hydrogens is 252 g/mol. The molecule has 1 saturated carbocycles. The van der Waals surface area contributed by atoms with Gasteiger partial charge in [-0.25, -0.2) is 0 Å². The van der Waals surface area contributed by atoms with E-state index in [0.29, 0.717) is 12.3 Å². The molecule has 3 N–H and O–H groups in total. The van der Waals surface area contributed by atoms with Gasteiger partial charge in [-0.05, 0) is 25.7 Å². The molecule has 0 saturated heterocycles. The van der Waals surface area contributed by atoms with E-state index in [-0.39, 0.29) is 24.4 Å². The SMILES string of the molecule is Cc1c(NC(=O)C[C@@H]2CCC[C@H]2N)cnn1C.Cl. The summed E-state index contributed by atoms with van der Waals surface area (Å²) in [6.07, 6.45) is 5.47. The zero-order chi connectivity index (χ0) is 12.4. The zero-order valence-electron chi connectivity index (χ0n) is 10.8. The van der Waals surface area contributed by atoms with Crippen LogP contribution in [0.5, 0.6) is 0 Å². The van der Waals surface area contributed by atoms with Crippen LogP contribution in [0.2, 0.25) is 0 Å². The maximum absolute atomic E-state index is 11.9. The fourth-order valence-electron chi connectivity index (χ4n) is 2.38. The number of aryl methyl sites for hydroxylation is 1. The minimum atomic E-state index is 0. The van der Waals surface area contributed by atoms with Gasteiger partial charge in [0.25, 0.3) is 0 Å². The van der Waals surface area contributed by atoms with Crippen molar-refractivity contribution in [1.29, 1.82) is 0 Å².